The first kappa shape index (κ1) is 40.2. The minimum absolute atomic E-state index is 0.558. The van der Waals surface area contributed by atoms with E-state index in [4.69, 9.17) is 0 Å². The molecule has 0 spiro atoms. The van der Waals surface area contributed by atoms with Crippen molar-refractivity contribution in [1.82, 2.24) is 0 Å². The molecule has 0 radical (unpaired) electrons. The maximum absolute atomic E-state index is 2.57. The summed E-state index contributed by atoms with van der Waals surface area (Å²) in [6.07, 6.45) is 16.4. The topological polar surface area (TPSA) is 0 Å². The van der Waals surface area contributed by atoms with Crippen molar-refractivity contribution < 1.29 is 0 Å². The maximum atomic E-state index is 2.57. The van der Waals surface area contributed by atoms with Gasteiger partial charge in [0.15, 0.2) is 0 Å². The first-order chi connectivity index (χ1) is 22.6. The SMILES string of the molecule is CCCC[As](CCCC)c1ccc(P(c2ccc([As](CCCC)CCCC)cc2)c2ccc([As](CCCC)CCCC)cc2)cc1. The summed E-state index contributed by atoms with van der Waals surface area (Å²) in [7, 11) is -0.558. The van der Waals surface area contributed by atoms with Gasteiger partial charge in [-0.3, -0.25) is 0 Å². The molecule has 0 atom stereocenters. The zero-order chi connectivity index (χ0) is 33.0. The van der Waals surface area contributed by atoms with Gasteiger partial charge in [0.05, 0.1) is 0 Å². The summed E-state index contributed by atoms with van der Waals surface area (Å²) >= 11 is -2.90. The average molecular weight is 827 g/mol. The summed E-state index contributed by atoms with van der Waals surface area (Å²) in [6.45, 7) is 14.1. The molecule has 0 aromatic heterocycles. The quantitative estimate of drug-likeness (QED) is 0.0624. The van der Waals surface area contributed by atoms with E-state index in [1.165, 1.54) is 124 Å². The fourth-order valence-corrected chi connectivity index (χ4v) is 25.4. The molecule has 0 unspecified atom stereocenters. The first-order valence-electron chi connectivity index (χ1n) is 18.9. The Hall–Kier alpha value is -0.235. The molecule has 0 aliphatic carbocycles. The van der Waals surface area contributed by atoms with Crippen molar-refractivity contribution in [3.63, 3.8) is 0 Å². The van der Waals surface area contributed by atoms with E-state index in [-0.39, 0.29) is 0 Å². The van der Waals surface area contributed by atoms with E-state index in [1.54, 1.807) is 13.1 Å². The van der Waals surface area contributed by atoms with Crippen molar-refractivity contribution >= 4 is 80.8 Å². The Labute approximate surface area is 301 Å². The fourth-order valence-electron chi connectivity index (χ4n) is 6.09. The molecular weight excluding hydrogens is 760 g/mol. The second kappa shape index (κ2) is 24.0. The van der Waals surface area contributed by atoms with Crippen LogP contribution in [-0.4, -0.2) is 44.0 Å². The fraction of sp³-hybridized carbons (Fsp3) is 0.571. The Morgan fingerprint density at radius 1 is 0.326 bits per heavy atom. The molecule has 4 heteroatoms. The summed E-state index contributed by atoms with van der Waals surface area (Å²) in [6, 6.07) is 30.7. The van der Waals surface area contributed by atoms with E-state index in [0.717, 1.165) is 0 Å². The third-order valence-electron chi connectivity index (χ3n) is 9.11. The third-order valence-corrected chi connectivity index (χ3v) is 28.8. The Morgan fingerprint density at radius 3 is 0.696 bits per heavy atom. The second-order valence-corrected chi connectivity index (χ2v) is 30.9. The zero-order valence-electron chi connectivity index (χ0n) is 30.4. The Bertz CT molecular complexity index is 1000. The third kappa shape index (κ3) is 13.2. The number of hydrogen-bond donors (Lipinski definition) is 0. The molecule has 3 rings (SSSR count). The zero-order valence-corrected chi connectivity index (χ0v) is 37.0. The number of unbranched alkanes of at least 4 members (excludes halogenated alkanes) is 6. The van der Waals surface area contributed by atoms with E-state index in [1.807, 2.05) is 0 Å². The van der Waals surface area contributed by atoms with Gasteiger partial charge in [0.1, 0.15) is 0 Å². The summed E-state index contributed by atoms with van der Waals surface area (Å²) in [5, 5.41) is 13.5. The van der Waals surface area contributed by atoms with E-state index >= 15 is 0 Å². The molecule has 0 N–H and O–H groups in total. The molecule has 0 aliphatic heterocycles. The monoisotopic (exact) mass is 826 g/mol. The molecule has 0 saturated heterocycles. The normalized spacial score (nSPS) is 11.9. The first-order valence-corrected chi connectivity index (χ1v) is 31.1. The average Bonchev–Trinajstić information content (AvgIpc) is 3.10. The van der Waals surface area contributed by atoms with Crippen LogP contribution in [0, 0.1) is 0 Å². The molecule has 0 amide bonds. The van der Waals surface area contributed by atoms with Crippen molar-refractivity contribution in [2.45, 2.75) is 150 Å². The molecule has 3 aromatic carbocycles. The molecular formula is C42H66As3P. The molecule has 0 heterocycles. The van der Waals surface area contributed by atoms with Crippen LogP contribution in [0.15, 0.2) is 72.8 Å². The van der Waals surface area contributed by atoms with Crippen LogP contribution in [0.5, 0.6) is 0 Å². The molecule has 0 saturated carbocycles. The van der Waals surface area contributed by atoms with Gasteiger partial charge in [0.25, 0.3) is 0 Å². The number of rotatable bonds is 24. The Kier molecular flexibility index (Phi) is 21.0. The van der Waals surface area contributed by atoms with E-state index < -0.39 is 51.9 Å². The standard InChI is InChI=1S/C42H66As3P/c1-7-13-31-43(32-14-8-2)37-19-25-40(26-20-37)46(41-27-21-38(22-28-41)44(33-15-9-3)34-16-10-4)42-29-23-39(24-30-42)45(35-17-11-5)36-18-12-6/h19-30H,7-18,31-36H2,1-6H3. The van der Waals surface area contributed by atoms with E-state index in [9.17, 15) is 0 Å². The number of benzene rings is 3. The summed E-state index contributed by atoms with van der Waals surface area (Å²) in [5.74, 6) is 0. The van der Waals surface area contributed by atoms with Crippen molar-refractivity contribution in [2.75, 3.05) is 0 Å². The molecule has 0 bridgehead atoms. The van der Waals surface area contributed by atoms with Gasteiger partial charge in [-0.05, 0) is 0 Å². The van der Waals surface area contributed by atoms with E-state index in [0.29, 0.717) is 0 Å². The summed E-state index contributed by atoms with van der Waals surface area (Å²) in [5.41, 5.74) is 0. The van der Waals surface area contributed by atoms with Crippen molar-refractivity contribution in [2.24, 2.45) is 0 Å². The van der Waals surface area contributed by atoms with Crippen molar-refractivity contribution in [1.29, 1.82) is 0 Å². The summed E-state index contributed by atoms with van der Waals surface area (Å²) in [4.78, 5) is 0. The van der Waals surface area contributed by atoms with Crippen LogP contribution in [-0.2, 0) is 0 Å². The van der Waals surface area contributed by atoms with Gasteiger partial charge in [0.2, 0.25) is 0 Å². The summed E-state index contributed by atoms with van der Waals surface area (Å²) < 4.78 is 5.13. The minimum atomic E-state index is -0.966. The predicted molar refractivity (Wildman–Crippen MR) is 220 cm³/mol. The van der Waals surface area contributed by atoms with Gasteiger partial charge in [-0.2, -0.15) is 0 Å². The Balaban J connectivity index is 1.98. The van der Waals surface area contributed by atoms with Gasteiger partial charge < -0.3 is 0 Å². The van der Waals surface area contributed by atoms with Crippen LogP contribution >= 0.6 is 7.92 Å². The van der Waals surface area contributed by atoms with Gasteiger partial charge in [-0.15, -0.1) is 0 Å². The van der Waals surface area contributed by atoms with Gasteiger partial charge in [-0.1, -0.05) is 0 Å². The molecule has 0 aliphatic rings. The molecule has 0 nitrogen and oxygen atoms in total. The van der Waals surface area contributed by atoms with Gasteiger partial charge in [-0.25, -0.2) is 0 Å². The van der Waals surface area contributed by atoms with Gasteiger partial charge in [0, 0.05) is 0 Å². The van der Waals surface area contributed by atoms with Crippen LogP contribution in [0.1, 0.15) is 119 Å². The molecule has 254 valence electrons. The van der Waals surface area contributed by atoms with Crippen LogP contribution in [0.25, 0.3) is 0 Å². The molecule has 0 fully saturated rings. The van der Waals surface area contributed by atoms with Crippen LogP contribution in [0.2, 0.25) is 31.3 Å². The van der Waals surface area contributed by atoms with E-state index in [2.05, 4.69) is 114 Å². The predicted octanol–water partition coefficient (Wildman–Crippen LogP) is 10.4. The Morgan fingerprint density at radius 2 is 0.522 bits per heavy atom. The molecule has 46 heavy (non-hydrogen) atoms. The van der Waals surface area contributed by atoms with Crippen molar-refractivity contribution in [3.8, 4) is 0 Å². The van der Waals surface area contributed by atoms with Crippen molar-refractivity contribution in [3.05, 3.63) is 72.8 Å². The van der Waals surface area contributed by atoms with Crippen LogP contribution in [0.4, 0.5) is 0 Å². The molecule has 3 aromatic rings. The van der Waals surface area contributed by atoms with Crippen LogP contribution < -0.4 is 29.0 Å². The second-order valence-electron chi connectivity index (χ2n) is 13.0. The van der Waals surface area contributed by atoms with Gasteiger partial charge >= 0.3 is 303 Å². The van der Waals surface area contributed by atoms with Crippen LogP contribution in [0.3, 0.4) is 0 Å². The number of hydrogen-bond acceptors (Lipinski definition) is 0.